The smallest absolute Gasteiger partial charge is 0.261 e. The molecule has 1 heterocycles. The van der Waals surface area contributed by atoms with E-state index in [0.717, 1.165) is 33.4 Å². The molecule has 0 saturated carbocycles. The Balaban J connectivity index is 1.41. The van der Waals surface area contributed by atoms with Crippen LogP contribution in [-0.4, -0.2) is 19.1 Å². The lowest BCUT2D eigenvalue weighted by molar-refractivity contribution is 0.0956. The van der Waals surface area contributed by atoms with E-state index in [9.17, 15) is 9.18 Å². The summed E-state index contributed by atoms with van der Waals surface area (Å²) in [6.45, 7) is 3.15. The molecule has 0 fully saturated rings. The van der Waals surface area contributed by atoms with E-state index in [0.29, 0.717) is 18.9 Å². The number of unbranched alkanes of at least 4 members (excludes halogenated alkanes) is 1. The zero-order chi connectivity index (χ0) is 17.6. The number of ether oxygens (including phenoxy) is 1. The Bertz CT molecular complexity index is 858. The van der Waals surface area contributed by atoms with E-state index in [1.165, 1.54) is 23.5 Å². The van der Waals surface area contributed by atoms with Crippen LogP contribution in [0.5, 0.6) is 5.75 Å². The summed E-state index contributed by atoms with van der Waals surface area (Å²) >= 11 is 1.53. The Morgan fingerprint density at radius 1 is 1.12 bits per heavy atom. The molecule has 0 atom stereocenters. The van der Waals surface area contributed by atoms with Crippen LogP contribution in [-0.2, 0) is 0 Å². The fourth-order valence-electron chi connectivity index (χ4n) is 2.62. The number of rotatable bonds is 7. The van der Waals surface area contributed by atoms with E-state index in [4.69, 9.17) is 4.74 Å². The number of benzene rings is 2. The highest BCUT2D eigenvalue weighted by molar-refractivity contribution is 7.21. The first-order valence-corrected chi connectivity index (χ1v) is 9.11. The molecule has 1 aromatic heterocycles. The molecular formula is C20H20FNO2S. The van der Waals surface area contributed by atoms with Gasteiger partial charge in [0.15, 0.2) is 0 Å². The molecular weight excluding hydrogens is 337 g/mol. The number of halogens is 1. The minimum absolute atomic E-state index is 0.0156. The zero-order valence-electron chi connectivity index (χ0n) is 14.0. The van der Waals surface area contributed by atoms with Crippen molar-refractivity contribution in [1.82, 2.24) is 5.32 Å². The van der Waals surface area contributed by atoms with E-state index >= 15 is 0 Å². The fourth-order valence-corrected chi connectivity index (χ4v) is 3.75. The molecule has 2 aromatic carbocycles. The van der Waals surface area contributed by atoms with Crippen LogP contribution in [0.15, 0.2) is 48.5 Å². The molecule has 3 aromatic rings. The second kappa shape index (κ2) is 8.12. The van der Waals surface area contributed by atoms with Crippen LogP contribution in [0.3, 0.4) is 0 Å². The van der Waals surface area contributed by atoms with Gasteiger partial charge < -0.3 is 10.1 Å². The highest BCUT2D eigenvalue weighted by Gasteiger charge is 2.14. The van der Waals surface area contributed by atoms with Gasteiger partial charge in [0.25, 0.3) is 5.91 Å². The van der Waals surface area contributed by atoms with Crippen LogP contribution < -0.4 is 10.1 Å². The van der Waals surface area contributed by atoms with Crippen molar-refractivity contribution < 1.29 is 13.9 Å². The molecule has 0 saturated heterocycles. The molecule has 3 nitrogen and oxygen atoms in total. The summed E-state index contributed by atoms with van der Waals surface area (Å²) in [5.41, 5.74) is 1.04. The summed E-state index contributed by atoms with van der Waals surface area (Å²) in [5, 5.41) is 4.12. The molecule has 3 rings (SSSR count). The summed E-state index contributed by atoms with van der Waals surface area (Å²) in [6.07, 6.45) is 1.65. The number of nitrogens with one attached hydrogen (secondary N) is 1. The molecule has 0 spiro atoms. The predicted octanol–water partition coefficient (Wildman–Crippen LogP) is 4.94. The average Bonchev–Trinajstić information content (AvgIpc) is 2.97. The second-order valence-corrected chi connectivity index (χ2v) is 6.87. The van der Waals surface area contributed by atoms with Crippen molar-refractivity contribution in [3.63, 3.8) is 0 Å². The third-order valence-corrected chi connectivity index (χ3v) is 5.26. The maximum atomic E-state index is 12.8. The number of carbonyl (C=O) groups is 1. The van der Waals surface area contributed by atoms with Crippen LogP contribution in [0.25, 0.3) is 10.1 Å². The number of thiophene rings is 1. The van der Waals surface area contributed by atoms with E-state index in [1.54, 1.807) is 12.1 Å². The van der Waals surface area contributed by atoms with Gasteiger partial charge in [-0.1, -0.05) is 18.2 Å². The van der Waals surface area contributed by atoms with Gasteiger partial charge in [-0.05, 0) is 61.0 Å². The summed E-state index contributed by atoms with van der Waals surface area (Å²) in [5.74, 6) is 0.371. The van der Waals surface area contributed by atoms with Crippen LogP contribution in [0.4, 0.5) is 4.39 Å². The van der Waals surface area contributed by atoms with Crippen molar-refractivity contribution >= 4 is 27.3 Å². The fraction of sp³-hybridized carbons (Fsp3) is 0.250. The van der Waals surface area contributed by atoms with Crippen molar-refractivity contribution in [2.75, 3.05) is 13.2 Å². The van der Waals surface area contributed by atoms with Crippen molar-refractivity contribution in [3.05, 3.63) is 64.8 Å². The normalized spacial score (nSPS) is 10.8. The van der Waals surface area contributed by atoms with E-state index in [1.807, 2.05) is 31.2 Å². The number of amides is 1. The van der Waals surface area contributed by atoms with Gasteiger partial charge >= 0.3 is 0 Å². The monoisotopic (exact) mass is 357 g/mol. The van der Waals surface area contributed by atoms with Crippen molar-refractivity contribution in [1.29, 1.82) is 0 Å². The first-order chi connectivity index (χ1) is 12.1. The lowest BCUT2D eigenvalue weighted by Gasteiger charge is -2.07. The van der Waals surface area contributed by atoms with Gasteiger partial charge in [-0.3, -0.25) is 4.79 Å². The number of aryl methyl sites for hydroxylation is 1. The lowest BCUT2D eigenvalue weighted by Crippen LogP contribution is -2.24. The molecule has 0 unspecified atom stereocenters. The third-order valence-electron chi connectivity index (χ3n) is 3.99. The molecule has 0 radical (unpaired) electrons. The second-order valence-electron chi connectivity index (χ2n) is 5.82. The largest absolute Gasteiger partial charge is 0.494 e. The first kappa shape index (κ1) is 17.4. The highest BCUT2D eigenvalue weighted by atomic mass is 32.1. The Morgan fingerprint density at radius 3 is 2.64 bits per heavy atom. The molecule has 5 heteroatoms. The van der Waals surface area contributed by atoms with Crippen LogP contribution in [0.2, 0.25) is 0 Å². The SMILES string of the molecule is Cc1c(C(=O)NCCCCOc2ccc(F)cc2)sc2ccccc12. The maximum absolute atomic E-state index is 12.8. The standard InChI is InChI=1S/C20H20FNO2S/c1-14-17-6-2-3-7-18(17)25-19(14)20(23)22-12-4-5-13-24-16-10-8-15(21)9-11-16/h2-3,6-11H,4-5,12-13H2,1H3,(H,22,23). The molecule has 25 heavy (non-hydrogen) atoms. The third kappa shape index (κ3) is 4.37. The van der Waals surface area contributed by atoms with Crippen molar-refractivity contribution in [3.8, 4) is 5.75 Å². The topological polar surface area (TPSA) is 38.3 Å². The summed E-state index contributed by atoms with van der Waals surface area (Å²) in [7, 11) is 0. The molecule has 130 valence electrons. The Hall–Kier alpha value is -2.40. The predicted molar refractivity (Wildman–Crippen MR) is 100 cm³/mol. The van der Waals surface area contributed by atoms with Crippen molar-refractivity contribution in [2.45, 2.75) is 19.8 Å². The van der Waals surface area contributed by atoms with Gasteiger partial charge in [-0.25, -0.2) is 4.39 Å². The maximum Gasteiger partial charge on any atom is 0.261 e. The minimum Gasteiger partial charge on any atom is -0.494 e. The number of hydrogen-bond donors (Lipinski definition) is 1. The number of carbonyl (C=O) groups excluding carboxylic acids is 1. The van der Waals surface area contributed by atoms with Gasteiger partial charge in [-0.15, -0.1) is 11.3 Å². The quantitative estimate of drug-likeness (QED) is 0.608. The average molecular weight is 357 g/mol. The molecule has 0 bridgehead atoms. The molecule has 0 aliphatic rings. The molecule has 0 aliphatic carbocycles. The molecule has 1 amide bonds. The minimum atomic E-state index is -0.272. The van der Waals surface area contributed by atoms with Gasteiger partial charge in [0.1, 0.15) is 11.6 Å². The van der Waals surface area contributed by atoms with Crippen LogP contribution in [0.1, 0.15) is 28.1 Å². The van der Waals surface area contributed by atoms with Crippen LogP contribution >= 0.6 is 11.3 Å². The Kier molecular flexibility index (Phi) is 5.66. The highest BCUT2D eigenvalue weighted by Crippen LogP contribution is 2.30. The Morgan fingerprint density at radius 2 is 1.88 bits per heavy atom. The Labute approximate surface area is 150 Å². The van der Waals surface area contributed by atoms with E-state index in [-0.39, 0.29) is 11.7 Å². The van der Waals surface area contributed by atoms with Crippen molar-refractivity contribution in [2.24, 2.45) is 0 Å². The van der Waals surface area contributed by atoms with Gasteiger partial charge in [0, 0.05) is 11.2 Å². The summed E-state index contributed by atoms with van der Waals surface area (Å²) in [6, 6.07) is 14.0. The van der Waals surface area contributed by atoms with Gasteiger partial charge in [0.05, 0.1) is 11.5 Å². The number of hydrogen-bond acceptors (Lipinski definition) is 3. The zero-order valence-corrected chi connectivity index (χ0v) is 14.9. The number of fused-ring (bicyclic) bond motifs is 1. The first-order valence-electron chi connectivity index (χ1n) is 8.30. The van der Waals surface area contributed by atoms with Gasteiger partial charge in [0.2, 0.25) is 0 Å². The summed E-state index contributed by atoms with van der Waals surface area (Å²) in [4.78, 5) is 13.1. The van der Waals surface area contributed by atoms with Crippen LogP contribution in [0, 0.1) is 12.7 Å². The van der Waals surface area contributed by atoms with E-state index < -0.39 is 0 Å². The van der Waals surface area contributed by atoms with Gasteiger partial charge in [-0.2, -0.15) is 0 Å². The molecule has 0 aliphatic heterocycles. The molecule has 1 N–H and O–H groups in total. The summed E-state index contributed by atoms with van der Waals surface area (Å²) < 4.78 is 19.5. The van der Waals surface area contributed by atoms with E-state index in [2.05, 4.69) is 5.32 Å². The lowest BCUT2D eigenvalue weighted by atomic mass is 10.1.